The number of alkyl halides is 3. The number of carboxylic acids is 1. The number of aliphatic carboxylic acids is 1. The third-order valence-electron chi connectivity index (χ3n) is 2.78. The molecule has 0 bridgehead atoms. The van der Waals surface area contributed by atoms with E-state index in [1.165, 1.54) is 6.92 Å². The second kappa shape index (κ2) is 4.45. The van der Waals surface area contributed by atoms with Crippen LogP contribution in [0.15, 0.2) is 0 Å². The summed E-state index contributed by atoms with van der Waals surface area (Å²) in [6.45, 7) is -0.127. The molecule has 1 aliphatic rings. The predicted octanol–water partition coefficient (Wildman–Crippen LogP) is 0.531. The summed E-state index contributed by atoms with van der Waals surface area (Å²) in [7, 11) is -3.79. The summed E-state index contributed by atoms with van der Waals surface area (Å²) in [5.74, 6) is -5.83. The Morgan fingerprint density at radius 3 is 2.24 bits per heavy atom. The highest BCUT2D eigenvalue weighted by atomic mass is 32.2. The first-order valence-electron chi connectivity index (χ1n) is 4.87. The summed E-state index contributed by atoms with van der Waals surface area (Å²) in [4.78, 5) is 10.7. The fourth-order valence-electron chi connectivity index (χ4n) is 1.76. The zero-order valence-electron chi connectivity index (χ0n) is 8.94. The summed E-state index contributed by atoms with van der Waals surface area (Å²) in [6, 6.07) is 0. The van der Waals surface area contributed by atoms with E-state index < -0.39 is 47.1 Å². The van der Waals surface area contributed by atoms with E-state index >= 15 is 0 Å². The van der Waals surface area contributed by atoms with Crippen molar-refractivity contribution in [1.82, 2.24) is 4.31 Å². The van der Waals surface area contributed by atoms with Gasteiger partial charge >= 0.3 is 12.1 Å². The molecule has 0 spiro atoms. The number of hydrogen-bond acceptors (Lipinski definition) is 3. The van der Waals surface area contributed by atoms with E-state index in [9.17, 15) is 26.4 Å². The molecule has 1 saturated heterocycles. The highest BCUT2D eigenvalue weighted by molar-refractivity contribution is 7.89. The van der Waals surface area contributed by atoms with Crippen LogP contribution in [0.3, 0.4) is 0 Å². The Hall–Kier alpha value is -0.830. The van der Waals surface area contributed by atoms with E-state index in [0.29, 0.717) is 4.31 Å². The normalized spacial score (nSPS) is 27.3. The first kappa shape index (κ1) is 14.2. The molecule has 0 aliphatic carbocycles. The van der Waals surface area contributed by atoms with Gasteiger partial charge in [-0.05, 0) is 6.92 Å². The first-order valence-corrected chi connectivity index (χ1v) is 6.48. The van der Waals surface area contributed by atoms with Crippen LogP contribution in [-0.4, -0.2) is 48.8 Å². The van der Waals surface area contributed by atoms with Crippen molar-refractivity contribution in [2.45, 2.75) is 13.1 Å². The number of halogens is 3. The molecule has 0 radical (unpaired) electrons. The average Bonchev–Trinajstić information content (AvgIpc) is 2.61. The van der Waals surface area contributed by atoms with Crippen molar-refractivity contribution in [3.63, 3.8) is 0 Å². The fraction of sp³-hybridized carbons (Fsp3) is 0.875. The summed E-state index contributed by atoms with van der Waals surface area (Å²) >= 11 is 0. The van der Waals surface area contributed by atoms with Crippen molar-refractivity contribution in [3.8, 4) is 0 Å². The Bertz CT molecular complexity index is 405. The largest absolute Gasteiger partial charge is 0.481 e. The average molecular weight is 275 g/mol. The molecule has 9 heteroatoms. The van der Waals surface area contributed by atoms with Gasteiger partial charge in [0.05, 0.1) is 17.6 Å². The molecule has 1 aliphatic heterocycles. The van der Waals surface area contributed by atoms with Crippen LogP contribution in [0.5, 0.6) is 0 Å². The Balaban J connectivity index is 2.99. The zero-order chi connectivity index (χ0) is 13.4. The standard InChI is InChI=1S/C8H12F3NO4S/c1-2-17(15,16)12-3-5(7(13)14)6(4-12)8(9,10)11/h5-6H,2-4H2,1H3,(H,13,14)/t5-,6-/m1/s1. The van der Waals surface area contributed by atoms with Gasteiger partial charge in [-0.2, -0.15) is 13.2 Å². The summed E-state index contributed by atoms with van der Waals surface area (Å²) < 4.78 is 61.1. The number of sulfonamides is 1. The molecule has 5 nitrogen and oxygen atoms in total. The predicted molar refractivity (Wildman–Crippen MR) is 51.7 cm³/mol. The lowest BCUT2D eigenvalue weighted by molar-refractivity contribution is -0.187. The van der Waals surface area contributed by atoms with E-state index in [0.717, 1.165) is 0 Å². The Labute approximate surface area is 96.3 Å². The third-order valence-corrected chi connectivity index (χ3v) is 4.60. The van der Waals surface area contributed by atoms with Crippen LogP contribution in [-0.2, 0) is 14.8 Å². The van der Waals surface area contributed by atoms with Gasteiger partial charge in [0.1, 0.15) is 0 Å². The molecule has 1 N–H and O–H groups in total. The summed E-state index contributed by atoms with van der Waals surface area (Å²) in [6.07, 6.45) is -4.71. The number of hydrogen-bond donors (Lipinski definition) is 1. The van der Waals surface area contributed by atoms with Crippen molar-refractivity contribution < 1.29 is 31.5 Å². The van der Waals surface area contributed by atoms with Crippen LogP contribution in [0.2, 0.25) is 0 Å². The van der Waals surface area contributed by atoms with E-state index in [-0.39, 0.29) is 5.75 Å². The smallest absolute Gasteiger partial charge is 0.393 e. The van der Waals surface area contributed by atoms with Gasteiger partial charge in [-0.1, -0.05) is 0 Å². The Morgan fingerprint density at radius 1 is 1.41 bits per heavy atom. The van der Waals surface area contributed by atoms with Crippen LogP contribution in [0.1, 0.15) is 6.92 Å². The van der Waals surface area contributed by atoms with Gasteiger partial charge in [0.15, 0.2) is 0 Å². The maximum Gasteiger partial charge on any atom is 0.393 e. The van der Waals surface area contributed by atoms with Crippen LogP contribution in [0.4, 0.5) is 13.2 Å². The van der Waals surface area contributed by atoms with E-state index in [1.54, 1.807) is 0 Å². The van der Waals surface area contributed by atoms with Gasteiger partial charge in [0, 0.05) is 13.1 Å². The number of carboxylic acid groups (broad SMARTS) is 1. The summed E-state index contributed by atoms with van der Waals surface area (Å²) in [5.41, 5.74) is 0. The van der Waals surface area contributed by atoms with E-state index in [4.69, 9.17) is 5.11 Å². The number of rotatable bonds is 3. The van der Waals surface area contributed by atoms with Crippen molar-refractivity contribution in [3.05, 3.63) is 0 Å². The van der Waals surface area contributed by atoms with Crippen molar-refractivity contribution in [2.75, 3.05) is 18.8 Å². The minimum atomic E-state index is -4.71. The lowest BCUT2D eigenvalue weighted by Crippen LogP contribution is -2.34. The first-order chi connectivity index (χ1) is 7.59. The SMILES string of the molecule is CCS(=O)(=O)N1C[C@@H](C(F)(F)F)[C@H](C(=O)O)C1. The molecule has 0 unspecified atom stereocenters. The molecule has 0 aromatic heterocycles. The second-order valence-electron chi connectivity index (χ2n) is 3.81. The van der Waals surface area contributed by atoms with Crippen molar-refractivity contribution in [2.24, 2.45) is 11.8 Å². The van der Waals surface area contributed by atoms with Gasteiger partial charge in [0.25, 0.3) is 0 Å². The molecule has 1 heterocycles. The Morgan fingerprint density at radius 2 is 1.94 bits per heavy atom. The van der Waals surface area contributed by atoms with Crippen LogP contribution < -0.4 is 0 Å². The Kier molecular flexibility index (Phi) is 3.72. The maximum atomic E-state index is 12.6. The van der Waals surface area contributed by atoms with Crippen LogP contribution in [0, 0.1) is 11.8 Å². The van der Waals surface area contributed by atoms with Gasteiger partial charge in [-0.25, -0.2) is 12.7 Å². The van der Waals surface area contributed by atoms with Gasteiger partial charge < -0.3 is 5.11 Å². The molecule has 0 aromatic carbocycles. The molecule has 2 atom stereocenters. The highest BCUT2D eigenvalue weighted by Crippen LogP contribution is 2.38. The number of carbonyl (C=O) groups is 1. The molecule has 1 rings (SSSR count). The lowest BCUT2D eigenvalue weighted by atomic mass is 9.96. The summed E-state index contributed by atoms with van der Waals surface area (Å²) in [5, 5.41) is 8.68. The monoisotopic (exact) mass is 275 g/mol. The highest BCUT2D eigenvalue weighted by Gasteiger charge is 2.54. The molecule has 0 aromatic rings. The second-order valence-corrected chi connectivity index (χ2v) is 6.07. The van der Waals surface area contributed by atoms with Crippen LogP contribution in [0.25, 0.3) is 0 Å². The number of nitrogens with zero attached hydrogens (tertiary/aromatic N) is 1. The van der Waals surface area contributed by atoms with Gasteiger partial charge in [-0.3, -0.25) is 4.79 Å². The molecule has 1 fully saturated rings. The van der Waals surface area contributed by atoms with E-state index in [1.807, 2.05) is 0 Å². The third kappa shape index (κ3) is 2.89. The molecular formula is C8H12F3NO4S. The molecule has 100 valence electrons. The molecule has 17 heavy (non-hydrogen) atoms. The van der Waals surface area contributed by atoms with Crippen LogP contribution >= 0.6 is 0 Å². The topological polar surface area (TPSA) is 74.7 Å². The molecule has 0 amide bonds. The van der Waals surface area contributed by atoms with E-state index in [2.05, 4.69) is 0 Å². The lowest BCUT2D eigenvalue weighted by Gasteiger charge is -2.18. The molecule has 0 saturated carbocycles. The minimum absolute atomic E-state index is 0.343. The zero-order valence-corrected chi connectivity index (χ0v) is 9.75. The van der Waals surface area contributed by atoms with Crippen molar-refractivity contribution in [1.29, 1.82) is 0 Å². The fourth-order valence-corrected chi connectivity index (χ4v) is 2.90. The van der Waals surface area contributed by atoms with Gasteiger partial charge in [-0.15, -0.1) is 0 Å². The minimum Gasteiger partial charge on any atom is -0.481 e. The van der Waals surface area contributed by atoms with Gasteiger partial charge in [0.2, 0.25) is 10.0 Å². The quantitative estimate of drug-likeness (QED) is 0.815. The maximum absolute atomic E-state index is 12.6. The van der Waals surface area contributed by atoms with Crippen molar-refractivity contribution >= 4 is 16.0 Å². The molecular weight excluding hydrogens is 263 g/mol.